The van der Waals surface area contributed by atoms with Crippen LogP contribution in [0.25, 0.3) is 10.9 Å². The maximum absolute atomic E-state index is 12.5. The minimum absolute atomic E-state index is 0.173. The number of hydrogen-bond donors (Lipinski definition) is 0. The number of aromatic nitrogens is 1. The van der Waals surface area contributed by atoms with Crippen LogP contribution < -0.4 is 0 Å². The number of carbonyl (C=O) groups excluding carboxylic acids is 3. The number of benzene rings is 1. The first-order valence-electron chi connectivity index (χ1n) is 8.91. The zero-order valence-electron chi connectivity index (χ0n) is 15.4. The number of rotatable bonds is 4. The van der Waals surface area contributed by atoms with Crippen LogP contribution in [0, 0.1) is 0 Å². The first-order valence-corrected chi connectivity index (χ1v) is 9.29. The molecule has 0 bridgehead atoms. The van der Waals surface area contributed by atoms with Gasteiger partial charge in [0.2, 0.25) is 0 Å². The van der Waals surface area contributed by atoms with E-state index in [0.717, 1.165) is 0 Å². The Kier molecular flexibility index (Phi) is 6.30. The van der Waals surface area contributed by atoms with Gasteiger partial charge in [0, 0.05) is 31.6 Å². The zero-order chi connectivity index (χ0) is 20.1. The summed E-state index contributed by atoms with van der Waals surface area (Å²) in [6.45, 7) is 3.14. The number of ether oxygens (including phenoxy) is 2. The van der Waals surface area contributed by atoms with Crippen LogP contribution in [0.15, 0.2) is 30.3 Å². The van der Waals surface area contributed by atoms with Crippen molar-refractivity contribution in [3.63, 3.8) is 0 Å². The summed E-state index contributed by atoms with van der Waals surface area (Å²) in [6.07, 6.45) is -0.387. The molecule has 1 fully saturated rings. The van der Waals surface area contributed by atoms with E-state index in [1.807, 2.05) is 0 Å². The number of nitrogens with zero attached hydrogens (tertiary/aromatic N) is 3. The van der Waals surface area contributed by atoms with Crippen LogP contribution in [0.2, 0.25) is 5.15 Å². The van der Waals surface area contributed by atoms with E-state index in [9.17, 15) is 14.4 Å². The third-order valence-corrected chi connectivity index (χ3v) is 4.58. The van der Waals surface area contributed by atoms with Crippen LogP contribution in [0.3, 0.4) is 0 Å². The first kappa shape index (κ1) is 19.9. The van der Waals surface area contributed by atoms with Gasteiger partial charge < -0.3 is 19.3 Å². The largest absolute Gasteiger partial charge is 0.452 e. The number of amides is 2. The summed E-state index contributed by atoms with van der Waals surface area (Å²) in [4.78, 5) is 43.8. The normalized spacial score (nSPS) is 14.1. The van der Waals surface area contributed by atoms with Crippen molar-refractivity contribution in [1.29, 1.82) is 0 Å². The molecule has 9 heteroatoms. The minimum Gasteiger partial charge on any atom is -0.452 e. The highest BCUT2D eigenvalue weighted by atomic mass is 35.5. The fourth-order valence-electron chi connectivity index (χ4n) is 2.96. The van der Waals surface area contributed by atoms with E-state index in [1.165, 1.54) is 6.07 Å². The van der Waals surface area contributed by atoms with Gasteiger partial charge in [-0.05, 0) is 19.1 Å². The quantitative estimate of drug-likeness (QED) is 0.573. The van der Waals surface area contributed by atoms with Gasteiger partial charge in [0.05, 0.1) is 17.7 Å². The highest BCUT2D eigenvalue weighted by molar-refractivity contribution is 6.30. The third kappa shape index (κ3) is 4.51. The van der Waals surface area contributed by atoms with E-state index < -0.39 is 5.97 Å². The maximum Gasteiger partial charge on any atom is 0.409 e. The lowest BCUT2D eigenvalue weighted by molar-refractivity contribution is -0.136. The van der Waals surface area contributed by atoms with E-state index in [0.29, 0.717) is 43.7 Å². The number of pyridine rings is 1. The summed E-state index contributed by atoms with van der Waals surface area (Å²) < 4.78 is 10.1. The van der Waals surface area contributed by atoms with E-state index in [4.69, 9.17) is 21.1 Å². The molecule has 1 aliphatic heterocycles. The van der Waals surface area contributed by atoms with E-state index >= 15 is 0 Å². The predicted octanol–water partition coefficient (Wildman–Crippen LogP) is 2.35. The molecular weight excluding hydrogens is 386 g/mol. The summed E-state index contributed by atoms with van der Waals surface area (Å²) >= 11 is 5.98. The van der Waals surface area contributed by atoms with Crippen molar-refractivity contribution in [1.82, 2.24) is 14.8 Å². The van der Waals surface area contributed by atoms with Crippen molar-refractivity contribution in [2.24, 2.45) is 0 Å². The Bertz CT molecular complexity index is 896. The van der Waals surface area contributed by atoms with Crippen LogP contribution in [0.1, 0.15) is 17.3 Å². The van der Waals surface area contributed by atoms with Crippen LogP contribution in [-0.4, -0.2) is 72.1 Å². The second-order valence-corrected chi connectivity index (χ2v) is 6.54. The topological polar surface area (TPSA) is 89.0 Å². The molecule has 0 radical (unpaired) electrons. The monoisotopic (exact) mass is 405 g/mol. The molecule has 0 saturated carbocycles. The molecule has 2 heterocycles. The van der Waals surface area contributed by atoms with Crippen molar-refractivity contribution in [3.05, 3.63) is 41.0 Å². The highest BCUT2D eigenvalue weighted by Crippen LogP contribution is 2.21. The summed E-state index contributed by atoms with van der Waals surface area (Å²) in [6, 6.07) is 8.48. The molecule has 28 heavy (non-hydrogen) atoms. The van der Waals surface area contributed by atoms with Gasteiger partial charge in [-0.25, -0.2) is 14.6 Å². The molecule has 2 aromatic rings. The van der Waals surface area contributed by atoms with Crippen molar-refractivity contribution in [2.75, 3.05) is 39.4 Å². The average Bonchev–Trinajstić information content (AvgIpc) is 2.71. The molecule has 1 saturated heterocycles. The summed E-state index contributed by atoms with van der Waals surface area (Å²) in [7, 11) is 0. The second kappa shape index (κ2) is 8.88. The summed E-state index contributed by atoms with van der Waals surface area (Å²) in [5.41, 5.74) is 0.832. The number of fused-ring (bicyclic) bond motifs is 1. The van der Waals surface area contributed by atoms with Crippen LogP contribution in [-0.2, 0) is 14.3 Å². The molecule has 1 aromatic carbocycles. The van der Waals surface area contributed by atoms with E-state index in [2.05, 4.69) is 4.98 Å². The molecule has 3 rings (SSSR count). The van der Waals surface area contributed by atoms with Gasteiger partial charge in [0.1, 0.15) is 5.15 Å². The molecule has 148 valence electrons. The number of piperazine rings is 1. The van der Waals surface area contributed by atoms with Gasteiger partial charge in [-0.2, -0.15) is 0 Å². The Labute approximate surface area is 167 Å². The smallest absolute Gasteiger partial charge is 0.409 e. The number of hydrogen-bond acceptors (Lipinski definition) is 6. The van der Waals surface area contributed by atoms with E-state index in [-0.39, 0.29) is 29.3 Å². The van der Waals surface area contributed by atoms with Crippen molar-refractivity contribution < 1.29 is 23.9 Å². The molecule has 1 aliphatic rings. The number of carbonyl (C=O) groups is 3. The van der Waals surface area contributed by atoms with Crippen molar-refractivity contribution in [3.8, 4) is 0 Å². The third-order valence-electron chi connectivity index (χ3n) is 4.39. The average molecular weight is 406 g/mol. The second-order valence-electron chi connectivity index (χ2n) is 6.15. The Morgan fingerprint density at radius 1 is 1.07 bits per heavy atom. The molecule has 0 spiro atoms. The van der Waals surface area contributed by atoms with Gasteiger partial charge in [0.15, 0.2) is 6.61 Å². The van der Waals surface area contributed by atoms with Crippen molar-refractivity contribution in [2.45, 2.75) is 6.92 Å². The molecule has 0 unspecified atom stereocenters. The number of para-hydroxylation sites is 1. The van der Waals surface area contributed by atoms with Gasteiger partial charge in [0.25, 0.3) is 5.91 Å². The Morgan fingerprint density at radius 2 is 1.75 bits per heavy atom. The van der Waals surface area contributed by atoms with Crippen LogP contribution >= 0.6 is 11.6 Å². The molecule has 2 amide bonds. The SMILES string of the molecule is CCOC(=O)N1CCN(C(=O)COC(=O)c2cc(Cl)nc3ccccc23)CC1. The minimum atomic E-state index is -0.640. The molecule has 0 atom stereocenters. The lowest BCUT2D eigenvalue weighted by Gasteiger charge is -2.33. The molecule has 0 N–H and O–H groups in total. The van der Waals surface area contributed by atoms with Gasteiger partial charge in [-0.3, -0.25) is 4.79 Å². The highest BCUT2D eigenvalue weighted by Gasteiger charge is 2.25. The lowest BCUT2D eigenvalue weighted by atomic mass is 10.1. The van der Waals surface area contributed by atoms with Gasteiger partial charge >= 0.3 is 12.1 Å². The number of halogens is 1. The van der Waals surface area contributed by atoms with Crippen LogP contribution in [0.5, 0.6) is 0 Å². The van der Waals surface area contributed by atoms with Gasteiger partial charge in [-0.15, -0.1) is 0 Å². The molecule has 1 aromatic heterocycles. The van der Waals surface area contributed by atoms with E-state index in [1.54, 1.807) is 41.0 Å². The Hall–Kier alpha value is -2.87. The Balaban J connectivity index is 1.57. The fourth-order valence-corrected chi connectivity index (χ4v) is 3.16. The fraction of sp³-hybridized carbons (Fsp3) is 0.368. The standard InChI is InChI=1S/C19H20ClN3O5/c1-2-27-19(26)23-9-7-22(8-10-23)17(24)12-28-18(25)14-11-16(20)21-15-6-4-3-5-13(14)15/h3-6,11H,2,7-10,12H2,1H3. The summed E-state index contributed by atoms with van der Waals surface area (Å²) in [5, 5.41) is 0.777. The van der Waals surface area contributed by atoms with Gasteiger partial charge in [-0.1, -0.05) is 29.8 Å². The zero-order valence-corrected chi connectivity index (χ0v) is 16.1. The predicted molar refractivity (Wildman–Crippen MR) is 102 cm³/mol. The lowest BCUT2D eigenvalue weighted by Crippen LogP contribution is -2.51. The molecule has 8 nitrogen and oxygen atoms in total. The van der Waals surface area contributed by atoms with Crippen LogP contribution in [0.4, 0.5) is 4.79 Å². The maximum atomic E-state index is 12.5. The molecule has 0 aliphatic carbocycles. The van der Waals surface area contributed by atoms with Crippen molar-refractivity contribution >= 4 is 40.5 Å². The number of esters is 1. The Morgan fingerprint density at radius 3 is 2.46 bits per heavy atom. The summed E-state index contributed by atoms with van der Waals surface area (Å²) in [5.74, 6) is -0.958. The first-order chi connectivity index (χ1) is 13.5. The molecular formula is C19H20ClN3O5.